The van der Waals surface area contributed by atoms with E-state index in [-0.39, 0.29) is 17.9 Å². The van der Waals surface area contributed by atoms with E-state index in [2.05, 4.69) is 0 Å². The van der Waals surface area contributed by atoms with Crippen LogP contribution in [0.1, 0.15) is 25.0 Å². The lowest BCUT2D eigenvalue weighted by molar-refractivity contribution is -0.164. The number of carbonyl (C=O) groups is 1. The molecular formula is C12H16O4. The van der Waals surface area contributed by atoms with Crippen molar-refractivity contribution < 1.29 is 19.7 Å². The number of carbonyl (C=O) groups excluding carboxylic acids is 1. The summed E-state index contributed by atoms with van der Waals surface area (Å²) in [6.07, 6.45) is 0. The molecule has 1 aromatic rings. The first-order chi connectivity index (χ1) is 7.39. The largest absolute Gasteiger partial charge is 0.508 e. The van der Waals surface area contributed by atoms with Crippen molar-refractivity contribution in [3.63, 3.8) is 0 Å². The van der Waals surface area contributed by atoms with Crippen LogP contribution in [-0.2, 0) is 15.1 Å². The third kappa shape index (κ3) is 2.33. The highest BCUT2D eigenvalue weighted by molar-refractivity contribution is 5.81. The minimum absolute atomic E-state index is 0.122. The third-order valence-corrected chi connectivity index (χ3v) is 2.35. The molecule has 0 saturated carbocycles. The molecule has 0 aliphatic rings. The van der Waals surface area contributed by atoms with Crippen LogP contribution in [0.2, 0.25) is 0 Å². The fraction of sp³-hybridized carbons (Fsp3) is 0.417. The summed E-state index contributed by atoms with van der Waals surface area (Å²) >= 11 is 0. The van der Waals surface area contributed by atoms with Crippen molar-refractivity contribution >= 4 is 5.97 Å². The predicted octanol–water partition coefficient (Wildman–Crippen LogP) is 1.47. The molecule has 4 heteroatoms. The zero-order chi connectivity index (χ0) is 12.3. The number of hydrogen-bond acceptors (Lipinski definition) is 4. The van der Waals surface area contributed by atoms with E-state index < -0.39 is 11.6 Å². The molecule has 0 saturated heterocycles. The maximum atomic E-state index is 11.5. The number of ether oxygens (including phenoxy) is 1. The third-order valence-electron chi connectivity index (χ3n) is 2.35. The Labute approximate surface area is 94.5 Å². The Kier molecular flexibility index (Phi) is 3.55. The Bertz CT molecular complexity index is 396. The molecule has 1 aromatic carbocycles. The Morgan fingerprint density at radius 2 is 2.12 bits per heavy atom. The Morgan fingerprint density at radius 3 is 2.69 bits per heavy atom. The van der Waals surface area contributed by atoms with Gasteiger partial charge < -0.3 is 14.9 Å². The summed E-state index contributed by atoms with van der Waals surface area (Å²) in [4.78, 5) is 11.5. The first kappa shape index (κ1) is 12.5. The molecule has 16 heavy (non-hydrogen) atoms. The van der Waals surface area contributed by atoms with Gasteiger partial charge >= 0.3 is 5.97 Å². The summed E-state index contributed by atoms with van der Waals surface area (Å²) in [5.74, 6) is -0.889. The normalized spacial score (nSPS) is 14.2. The van der Waals surface area contributed by atoms with Crippen LogP contribution >= 0.6 is 0 Å². The van der Waals surface area contributed by atoms with E-state index in [0.29, 0.717) is 0 Å². The topological polar surface area (TPSA) is 66.8 Å². The minimum atomic E-state index is -1.83. The number of phenols is 1. The van der Waals surface area contributed by atoms with Gasteiger partial charge in [-0.25, -0.2) is 4.79 Å². The summed E-state index contributed by atoms with van der Waals surface area (Å²) in [5.41, 5.74) is -0.824. The number of benzene rings is 1. The van der Waals surface area contributed by atoms with E-state index in [4.69, 9.17) is 4.74 Å². The highest BCUT2D eigenvalue weighted by Gasteiger charge is 2.36. The number of esters is 1. The van der Waals surface area contributed by atoms with Crippen molar-refractivity contribution in [1.29, 1.82) is 0 Å². The van der Waals surface area contributed by atoms with Gasteiger partial charge in [-0.2, -0.15) is 0 Å². The lowest BCUT2D eigenvalue weighted by Crippen LogP contribution is -2.34. The highest BCUT2D eigenvalue weighted by Crippen LogP contribution is 2.30. The second-order valence-electron chi connectivity index (χ2n) is 3.81. The maximum Gasteiger partial charge on any atom is 0.342 e. The molecule has 0 radical (unpaired) electrons. The van der Waals surface area contributed by atoms with Gasteiger partial charge in [-0.05, 0) is 32.9 Å². The van der Waals surface area contributed by atoms with Crippen molar-refractivity contribution in [3.8, 4) is 5.75 Å². The van der Waals surface area contributed by atoms with Crippen LogP contribution in [0.5, 0.6) is 5.75 Å². The maximum absolute atomic E-state index is 11.5. The molecule has 0 aliphatic heterocycles. The van der Waals surface area contributed by atoms with Crippen molar-refractivity contribution in [2.45, 2.75) is 26.4 Å². The lowest BCUT2D eigenvalue weighted by atomic mass is 9.94. The lowest BCUT2D eigenvalue weighted by Gasteiger charge is -2.22. The average molecular weight is 224 g/mol. The Hall–Kier alpha value is -1.55. The van der Waals surface area contributed by atoms with Gasteiger partial charge in [-0.3, -0.25) is 0 Å². The number of aryl methyl sites for hydroxylation is 1. The molecule has 1 atom stereocenters. The Morgan fingerprint density at radius 1 is 1.50 bits per heavy atom. The van der Waals surface area contributed by atoms with Crippen LogP contribution in [0.3, 0.4) is 0 Å². The molecule has 1 rings (SSSR count). The molecule has 0 fully saturated rings. The molecule has 1 unspecified atom stereocenters. The van der Waals surface area contributed by atoms with Crippen LogP contribution in [0, 0.1) is 6.92 Å². The minimum Gasteiger partial charge on any atom is -0.508 e. The van der Waals surface area contributed by atoms with Crippen LogP contribution in [0.4, 0.5) is 0 Å². The molecule has 0 aliphatic carbocycles. The summed E-state index contributed by atoms with van der Waals surface area (Å²) in [5, 5.41) is 19.7. The van der Waals surface area contributed by atoms with Gasteiger partial charge in [0.05, 0.1) is 6.61 Å². The number of hydrogen-bond donors (Lipinski definition) is 2. The predicted molar refractivity (Wildman–Crippen MR) is 59.0 cm³/mol. The number of rotatable bonds is 3. The van der Waals surface area contributed by atoms with E-state index in [0.717, 1.165) is 5.56 Å². The zero-order valence-electron chi connectivity index (χ0n) is 9.65. The first-order valence-electron chi connectivity index (χ1n) is 5.09. The van der Waals surface area contributed by atoms with Crippen LogP contribution in [-0.4, -0.2) is 22.8 Å². The molecule has 0 amide bonds. The molecule has 0 spiro atoms. The van der Waals surface area contributed by atoms with Crippen molar-refractivity contribution in [2.24, 2.45) is 0 Å². The fourth-order valence-corrected chi connectivity index (χ4v) is 1.42. The van der Waals surface area contributed by atoms with Gasteiger partial charge in [0, 0.05) is 5.56 Å². The molecule has 4 nitrogen and oxygen atoms in total. The smallest absolute Gasteiger partial charge is 0.342 e. The van der Waals surface area contributed by atoms with Gasteiger partial charge in [0.15, 0.2) is 5.60 Å². The van der Waals surface area contributed by atoms with E-state index in [1.165, 1.54) is 13.0 Å². The fourth-order valence-electron chi connectivity index (χ4n) is 1.42. The van der Waals surface area contributed by atoms with Gasteiger partial charge in [-0.1, -0.05) is 11.6 Å². The zero-order valence-corrected chi connectivity index (χ0v) is 9.65. The molecule has 0 aromatic heterocycles. The number of phenolic OH excluding ortho intramolecular Hbond substituents is 1. The quantitative estimate of drug-likeness (QED) is 0.763. The van der Waals surface area contributed by atoms with Crippen molar-refractivity contribution in [1.82, 2.24) is 0 Å². The van der Waals surface area contributed by atoms with Gasteiger partial charge in [-0.15, -0.1) is 0 Å². The summed E-state index contributed by atoms with van der Waals surface area (Å²) < 4.78 is 4.76. The van der Waals surface area contributed by atoms with Crippen LogP contribution in [0.15, 0.2) is 18.2 Å². The van der Waals surface area contributed by atoms with Crippen molar-refractivity contribution in [3.05, 3.63) is 29.3 Å². The first-order valence-corrected chi connectivity index (χ1v) is 5.09. The number of aromatic hydroxyl groups is 1. The summed E-state index contributed by atoms with van der Waals surface area (Å²) in [6.45, 7) is 4.95. The van der Waals surface area contributed by atoms with Gasteiger partial charge in [0.1, 0.15) is 5.75 Å². The standard InChI is InChI=1S/C12H16O4/c1-4-16-11(14)12(3,15)9-7-8(2)5-6-10(9)13/h5-7,13,15H,4H2,1-3H3. The highest BCUT2D eigenvalue weighted by atomic mass is 16.5. The van der Waals surface area contributed by atoms with Crippen molar-refractivity contribution in [2.75, 3.05) is 6.61 Å². The molecule has 0 heterocycles. The SMILES string of the molecule is CCOC(=O)C(C)(O)c1cc(C)ccc1O. The van der Waals surface area contributed by atoms with E-state index in [1.54, 1.807) is 19.1 Å². The molecule has 0 bridgehead atoms. The molecule has 2 N–H and O–H groups in total. The number of aliphatic hydroxyl groups is 1. The van der Waals surface area contributed by atoms with E-state index in [1.807, 2.05) is 6.92 Å². The summed E-state index contributed by atoms with van der Waals surface area (Å²) in [6, 6.07) is 4.70. The second-order valence-corrected chi connectivity index (χ2v) is 3.81. The molecular weight excluding hydrogens is 208 g/mol. The molecule has 88 valence electrons. The Balaban J connectivity index is 3.15. The summed E-state index contributed by atoms with van der Waals surface area (Å²) in [7, 11) is 0. The van der Waals surface area contributed by atoms with E-state index >= 15 is 0 Å². The second kappa shape index (κ2) is 4.53. The monoisotopic (exact) mass is 224 g/mol. The van der Waals surface area contributed by atoms with Crippen LogP contribution < -0.4 is 0 Å². The van der Waals surface area contributed by atoms with Gasteiger partial charge in [0.2, 0.25) is 0 Å². The van der Waals surface area contributed by atoms with Gasteiger partial charge in [0.25, 0.3) is 0 Å². The van der Waals surface area contributed by atoms with Crippen LogP contribution in [0.25, 0.3) is 0 Å². The van der Waals surface area contributed by atoms with E-state index in [9.17, 15) is 15.0 Å². The average Bonchev–Trinajstić information content (AvgIpc) is 2.22.